The predicted octanol–water partition coefficient (Wildman–Crippen LogP) is 21.7. The maximum atomic E-state index is 2.57. The lowest BCUT2D eigenvalue weighted by Gasteiger charge is -2.34. The van der Waals surface area contributed by atoms with Crippen LogP contribution in [0, 0.1) is 0 Å². The fourth-order valence-electron chi connectivity index (χ4n) is 14.1. The molecule has 16 rings (SSSR count). The Bertz CT molecular complexity index is 4620. The average molecular weight is 1090 g/mol. The standard InChI is InChI=1S/C81H60N4/c1-7-27-61(28-8-1)82(62-29-9-2-10-30-62)69-43-47-77-73(53-69)75-55-71(84(65-35-15-5-16-36-65)67-41-39-57-23-19-21-25-59(57)51-67)45-49-79(75)81(77)78-48-44-70(83(63-31-11-3-12-32-63)64-33-13-4-14-34-64)54-74(78)76-56-72(46-50-80(76)81)85(66-37-17-6-18-38-66)68-42-40-58-24-20-22-26-60(58)52-68/h1-3,5-13,15-37,39-56,66H,4,14,38H2. The summed E-state index contributed by atoms with van der Waals surface area (Å²) in [6.07, 6.45) is 19.0. The van der Waals surface area contributed by atoms with E-state index in [4.69, 9.17) is 0 Å². The molecule has 0 bridgehead atoms. The monoisotopic (exact) mass is 1090 g/mol. The first kappa shape index (κ1) is 50.1. The Morgan fingerprint density at radius 1 is 0.294 bits per heavy atom. The first-order valence-corrected chi connectivity index (χ1v) is 29.8. The molecule has 0 heterocycles. The van der Waals surface area contributed by atoms with Crippen LogP contribution in [0.4, 0.5) is 56.9 Å². The van der Waals surface area contributed by atoms with Crippen molar-refractivity contribution in [2.75, 3.05) is 19.6 Å². The number of nitrogens with zero attached hydrogens (tertiary/aromatic N) is 4. The minimum absolute atomic E-state index is 0.112. The number of benzene rings is 12. The maximum absolute atomic E-state index is 2.57. The molecule has 0 aliphatic heterocycles. The predicted molar refractivity (Wildman–Crippen MR) is 357 cm³/mol. The maximum Gasteiger partial charge on any atom is 0.0725 e. The van der Waals surface area contributed by atoms with Crippen molar-refractivity contribution in [2.24, 2.45) is 0 Å². The van der Waals surface area contributed by atoms with Crippen LogP contribution in [-0.4, -0.2) is 6.04 Å². The minimum atomic E-state index is -0.683. The molecule has 0 N–H and O–H groups in total. The third kappa shape index (κ3) is 8.51. The van der Waals surface area contributed by atoms with Crippen LogP contribution < -0.4 is 19.6 Å². The number of anilines is 10. The van der Waals surface area contributed by atoms with Gasteiger partial charge >= 0.3 is 0 Å². The van der Waals surface area contributed by atoms with Gasteiger partial charge in [0.05, 0.1) is 11.5 Å². The second-order valence-corrected chi connectivity index (χ2v) is 22.7. The molecule has 2 atom stereocenters. The molecule has 12 aromatic carbocycles. The summed E-state index contributed by atoms with van der Waals surface area (Å²) in [5.41, 5.74) is 21.7. The van der Waals surface area contributed by atoms with E-state index < -0.39 is 5.41 Å². The van der Waals surface area contributed by atoms with E-state index in [0.29, 0.717) is 0 Å². The van der Waals surface area contributed by atoms with E-state index in [9.17, 15) is 0 Å². The number of hydrogen-bond donors (Lipinski definition) is 0. The topological polar surface area (TPSA) is 13.0 Å². The Hall–Kier alpha value is -10.7. The highest BCUT2D eigenvalue weighted by atomic mass is 15.2. The minimum Gasteiger partial charge on any atom is -0.334 e. The van der Waals surface area contributed by atoms with Crippen molar-refractivity contribution in [3.8, 4) is 22.3 Å². The van der Waals surface area contributed by atoms with Gasteiger partial charge in [-0.2, -0.15) is 0 Å². The quantitative estimate of drug-likeness (QED) is 0.121. The zero-order valence-corrected chi connectivity index (χ0v) is 47.1. The molecule has 0 saturated carbocycles. The number of allylic oxidation sites excluding steroid dienone is 5. The molecule has 0 aromatic heterocycles. The van der Waals surface area contributed by atoms with Gasteiger partial charge in [-0.3, -0.25) is 0 Å². The Labute approximate surface area is 497 Å². The van der Waals surface area contributed by atoms with E-state index in [0.717, 1.165) is 70.4 Å². The highest BCUT2D eigenvalue weighted by molar-refractivity contribution is 6.00. The molecule has 4 aliphatic carbocycles. The van der Waals surface area contributed by atoms with Crippen molar-refractivity contribution in [1.82, 2.24) is 0 Å². The number of para-hydroxylation sites is 4. The Kier molecular flexibility index (Phi) is 12.3. The first-order valence-electron chi connectivity index (χ1n) is 29.8. The molecule has 404 valence electrons. The Morgan fingerprint density at radius 2 is 0.671 bits per heavy atom. The molecule has 0 radical (unpaired) electrons. The van der Waals surface area contributed by atoms with Crippen LogP contribution in [0.5, 0.6) is 0 Å². The molecule has 0 saturated heterocycles. The largest absolute Gasteiger partial charge is 0.334 e. The highest BCUT2D eigenvalue weighted by Gasteiger charge is 2.52. The molecular formula is C81H60N4. The highest BCUT2D eigenvalue weighted by Crippen LogP contribution is 2.65. The van der Waals surface area contributed by atoms with Crippen molar-refractivity contribution in [3.63, 3.8) is 0 Å². The summed E-state index contributed by atoms with van der Waals surface area (Å²) < 4.78 is 0. The first-order chi connectivity index (χ1) is 42.2. The Morgan fingerprint density at radius 3 is 1.14 bits per heavy atom. The molecule has 0 fully saturated rings. The number of rotatable bonds is 12. The second-order valence-electron chi connectivity index (χ2n) is 22.7. The summed E-state index contributed by atoms with van der Waals surface area (Å²) >= 11 is 0. The van der Waals surface area contributed by atoms with Crippen molar-refractivity contribution >= 4 is 78.4 Å². The van der Waals surface area contributed by atoms with E-state index in [-0.39, 0.29) is 6.04 Å². The second kappa shape index (κ2) is 20.9. The fourth-order valence-corrected chi connectivity index (χ4v) is 14.1. The number of fused-ring (bicyclic) bond motifs is 12. The smallest absolute Gasteiger partial charge is 0.0725 e. The SMILES string of the molecule is C1=CCC(N(c2ccc3c(c2)-c2cc(N(C4=CCCC=C4)c4ccccc4)ccc2C32c3ccc(N(c4ccccc4)c4ccccc4)cc3-c3cc(N(c4ccccc4)c4ccc5ccccc5c4)ccc32)c2ccc3ccccc3c2)C=C1. The summed E-state index contributed by atoms with van der Waals surface area (Å²) in [7, 11) is 0. The van der Waals surface area contributed by atoms with Crippen molar-refractivity contribution < 1.29 is 0 Å². The van der Waals surface area contributed by atoms with Crippen molar-refractivity contribution in [3.05, 3.63) is 350 Å². The van der Waals surface area contributed by atoms with Gasteiger partial charge in [-0.05, 0) is 213 Å². The molecular weight excluding hydrogens is 1030 g/mol. The molecule has 0 amide bonds. The van der Waals surface area contributed by atoms with E-state index in [1.54, 1.807) is 0 Å². The third-order valence-corrected chi connectivity index (χ3v) is 17.8. The van der Waals surface area contributed by atoms with Crippen molar-refractivity contribution in [1.29, 1.82) is 0 Å². The summed E-state index contributed by atoms with van der Waals surface area (Å²) in [5.74, 6) is 0. The molecule has 12 aromatic rings. The fraction of sp³-hybridized carbons (Fsp3) is 0.0617. The molecule has 2 unspecified atom stereocenters. The van der Waals surface area contributed by atoms with Crippen LogP contribution >= 0.6 is 0 Å². The van der Waals surface area contributed by atoms with Gasteiger partial charge in [-0.1, -0.05) is 194 Å². The summed E-state index contributed by atoms with van der Waals surface area (Å²) in [4.78, 5) is 9.85. The van der Waals surface area contributed by atoms with Gasteiger partial charge in [0, 0.05) is 62.6 Å². The van der Waals surface area contributed by atoms with Gasteiger partial charge in [0.1, 0.15) is 0 Å². The third-order valence-electron chi connectivity index (χ3n) is 17.8. The van der Waals surface area contributed by atoms with E-state index >= 15 is 0 Å². The summed E-state index contributed by atoms with van der Waals surface area (Å²) in [5, 5.41) is 4.88. The lowest BCUT2D eigenvalue weighted by molar-refractivity contribution is 0.781. The lowest BCUT2D eigenvalue weighted by atomic mass is 9.70. The average Bonchev–Trinajstić information content (AvgIpc) is 1.60. The van der Waals surface area contributed by atoms with Gasteiger partial charge < -0.3 is 19.6 Å². The zero-order valence-electron chi connectivity index (χ0n) is 47.1. The van der Waals surface area contributed by atoms with E-state index in [1.165, 1.54) is 77.4 Å². The van der Waals surface area contributed by atoms with Crippen LogP contribution in [-0.2, 0) is 5.41 Å². The number of hydrogen-bond acceptors (Lipinski definition) is 4. The van der Waals surface area contributed by atoms with Crippen LogP contribution in [0.15, 0.2) is 327 Å². The van der Waals surface area contributed by atoms with E-state index in [1.807, 2.05) is 0 Å². The van der Waals surface area contributed by atoms with E-state index in [2.05, 4.69) is 341 Å². The summed E-state index contributed by atoms with van der Waals surface area (Å²) in [6.45, 7) is 0. The zero-order chi connectivity index (χ0) is 56.3. The Balaban J connectivity index is 0.967. The van der Waals surface area contributed by atoms with Crippen LogP contribution in [0.2, 0.25) is 0 Å². The van der Waals surface area contributed by atoms with Gasteiger partial charge in [0.25, 0.3) is 0 Å². The van der Waals surface area contributed by atoms with Crippen LogP contribution in [0.1, 0.15) is 41.5 Å². The van der Waals surface area contributed by atoms with Gasteiger partial charge in [-0.25, -0.2) is 0 Å². The molecule has 4 nitrogen and oxygen atoms in total. The summed E-state index contributed by atoms with van der Waals surface area (Å²) in [6, 6.07) is 104. The normalized spacial score (nSPS) is 16.0. The van der Waals surface area contributed by atoms with Crippen molar-refractivity contribution in [2.45, 2.75) is 30.7 Å². The van der Waals surface area contributed by atoms with Crippen LogP contribution in [0.3, 0.4) is 0 Å². The molecule has 1 spiro atoms. The van der Waals surface area contributed by atoms with Crippen LogP contribution in [0.25, 0.3) is 43.8 Å². The lowest BCUT2D eigenvalue weighted by Crippen LogP contribution is -2.30. The molecule has 4 aliphatic rings. The molecule has 4 heteroatoms. The van der Waals surface area contributed by atoms with Gasteiger partial charge in [0.15, 0.2) is 0 Å². The molecule has 85 heavy (non-hydrogen) atoms. The van der Waals surface area contributed by atoms with Gasteiger partial charge in [0.2, 0.25) is 0 Å². The van der Waals surface area contributed by atoms with Gasteiger partial charge in [-0.15, -0.1) is 0 Å².